The molecule has 1 unspecified atom stereocenters. The molecule has 1 fully saturated rings. The lowest BCUT2D eigenvalue weighted by Crippen LogP contribution is -2.44. The number of nitrogens with one attached hydrogen (secondary N) is 2. The number of aryl methyl sites for hydroxylation is 1. The molecule has 3 rings (SSSR count). The van der Waals surface area contributed by atoms with Crippen molar-refractivity contribution < 1.29 is 9.53 Å². The summed E-state index contributed by atoms with van der Waals surface area (Å²) in [5.74, 6) is 1.32. The SMILES string of the molecule is COCC(C)NC(=O)CN1CCC(c2ccc(Nc3cccc(C)n3)cn2)CC1. The van der Waals surface area contributed by atoms with Crippen LogP contribution in [0.25, 0.3) is 0 Å². The Bertz CT molecular complexity index is 788. The largest absolute Gasteiger partial charge is 0.383 e. The molecule has 2 aromatic heterocycles. The van der Waals surface area contributed by atoms with E-state index in [0.29, 0.717) is 19.1 Å². The summed E-state index contributed by atoms with van der Waals surface area (Å²) >= 11 is 0. The number of anilines is 2. The summed E-state index contributed by atoms with van der Waals surface area (Å²) in [6.45, 7) is 6.72. The number of amides is 1. The quantitative estimate of drug-likeness (QED) is 0.713. The van der Waals surface area contributed by atoms with Crippen LogP contribution in [0.2, 0.25) is 0 Å². The highest BCUT2D eigenvalue weighted by Crippen LogP contribution is 2.27. The second kappa shape index (κ2) is 10.3. The van der Waals surface area contributed by atoms with Gasteiger partial charge in [0.05, 0.1) is 25.0 Å². The predicted molar refractivity (Wildman–Crippen MR) is 114 cm³/mol. The van der Waals surface area contributed by atoms with Crippen LogP contribution >= 0.6 is 0 Å². The Morgan fingerprint density at radius 2 is 2.07 bits per heavy atom. The first kappa shape index (κ1) is 21.2. The van der Waals surface area contributed by atoms with Gasteiger partial charge in [-0.1, -0.05) is 6.07 Å². The molecule has 2 N–H and O–H groups in total. The van der Waals surface area contributed by atoms with Crippen molar-refractivity contribution in [2.45, 2.75) is 38.6 Å². The summed E-state index contributed by atoms with van der Waals surface area (Å²) < 4.78 is 5.06. The third-order valence-corrected chi connectivity index (χ3v) is 5.14. The van der Waals surface area contributed by atoms with E-state index in [4.69, 9.17) is 4.74 Å². The van der Waals surface area contributed by atoms with E-state index in [2.05, 4.69) is 37.6 Å². The van der Waals surface area contributed by atoms with Gasteiger partial charge in [0.2, 0.25) is 5.91 Å². The van der Waals surface area contributed by atoms with E-state index in [0.717, 1.165) is 48.8 Å². The molecule has 3 heterocycles. The number of aromatic nitrogens is 2. The fraction of sp³-hybridized carbons (Fsp3) is 0.500. The van der Waals surface area contributed by atoms with Crippen molar-refractivity contribution in [2.75, 3.05) is 38.7 Å². The molecule has 0 bridgehead atoms. The van der Waals surface area contributed by atoms with Gasteiger partial charge in [0.1, 0.15) is 5.82 Å². The number of likely N-dealkylation sites (tertiary alicyclic amines) is 1. The normalized spacial score (nSPS) is 16.4. The summed E-state index contributed by atoms with van der Waals surface area (Å²) in [5, 5.41) is 6.26. The Kier molecular flexibility index (Phi) is 7.55. The third kappa shape index (κ3) is 6.51. The van der Waals surface area contributed by atoms with Gasteiger partial charge in [-0.3, -0.25) is 14.7 Å². The van der Waals surface area contributed by atoms with Gasteiger partial charge in [0, 0.05) is 30.5 Å². The second-order valence-corrected chi connectivity index (χ2v) is 7.74. The molecule has 156 valence electrons. The maximum Gasteiger partial charge on any atom is 0.234 e. The van der Waals surface area contributed by atoms with Crippen LogP contribution in [0.4, 0.5) is 11.5 Å². The fourth-order valence-electron chi connectivity index (χ4n) is 3.68. The van der Waals surface area contributed by atoms with Gasteiger partial charge in [-0.2, -0.15) is 0 Å². The molecular formula is C22H31N5O2. The van der Waals surface area contributed by atoms with Gasteiger partial charge in [0.25, 0.3) is 0 Å². The van der Waals surface area contributed by atoms with E-state index >= 15 is 0 Å². The van der Waals surface area contributed by atoms with Crippen molar-refractivity contribution in [3.8, 4) is 0 Å². The first-order chi connectivity index (χ1) is 14.0. The molecule has 0 saturated carbocycles. The van der Waals surface area contributed by atoms with Crippen molar-refractivity contribution in [3.63, 3.8) is 0 Å². The summed E-state index contributed by atoms with van der Waals surface area (Å²) in [5.41, 5.74) is 3.03. The Morgan fingerprint density at radius 3 is 2.72 bits per heavy atom. The standard InChI is InChI=1S/C22H31N5O2/c1-16-5-4-6-21(24-16)26-19-7-8-20(23-13-19)18-9-11-27(12-10-18)14-22(28)25-17(2)15-29-3/h4-8,13,17-18H,9-12,14-15H2,1-3H3,(H,24,26)(H,25,28). The number of methoxy groups -OCH3 is 1. The summed E-state index contributed by atoms with van der Waals surface area (Å²) in [7, 11) is 1.64. The Balaban J connectivity index is 1.46. The number of rotatable bonds is 8. The van der Waals surface area contributed by atoms with Gasteiger partial charge < -0.3 is 15.4 Å². The molecule has 2 aromatic rings. The van der Waals surface area contributed by atoms with Crippen molar-refractivity contribution in [1.29, 1.82) is 0 Å². The lowest BCUT2D eigenvalue weighted by atomic mass is 9.93. The monoisotopic (exact) mass is 397 g/mol. The van der Waals surface area contributed by atoms with E-state index < -0.39 is 0 Å². The van der Waals surface area contributed by atoms with Crippen LogP contribution in [-0.4, -0.2) is 60.2 Å². The van der Waals surface area contributed by atoms with Crippen LogP contribution in [0.3, 0.4) is 0 Å². The smallest absolute Gasteiger partial charge is 0.234 e. The zero-order chi connectivity index (χ0) is 20.6. The molecule has 1 saturated heterocycles. The lowest BCUT2D eigenvalue weighted by molar-refractivity contribution is -0.123. The number of hydrogen-bond acceptors (Lipinski definition) is 6. The molecule has 1 amide bonds. The first-order valence-electron chi connectivity index (χ1n) is 10.2. The number of hydrogen-bond donors (Lipinski definition) is 2. The number of pyridine rings is 2. The number of piperidine rings is 1. The van der Waals surface area contributed by atoms with E-state index in [1.165, 1.54) is 0 Å². The highest BCUT2D eigenvalue weighted by atomic mass is 16.5. The molecule has 7 heteroatoms. The maximum absolute atomic E-state index is 12.1. The van der Waals surface area contributed by atoms with Crippen LogP contribution in [0.1, 0.15) is 37.1 Å². The summed E-state index contributed by atoms with van der Waals surface area (Å²) in [6.07, 6.45) is 3.90. The summed E-state index contributed by atoms with van der Waals surface area (Å²) in [4.78, 5) is 23.5. The fourth-order valence-corrected chi connectivity index (χ4v) is 3.68. The second-order valence-electron chi connectivity index (χ2n) is 7.74. The van der Waals surface area contributed by atoms with Crippen molar-refractivity contribution >= 4 is 17.4 Å². The topological polar surface area (TPSA) is 79.4 Å². The van der Waals surface area contributed by atoms with Gasteiger partial charge in [0.15, 0.2) is 0 Å². The lowest BCUT2D eigenvalue weighted by Gasteiger charge is -2.31. The van der Waals surface area contributed by atoms with Crippen LogP contribution in [0.15, 0.2) is 36.5 Å². The number of ether oxygens (including phenoxy) is 1. The molecule has 0 aliphatic carbocycles. The molecular weight excluding hydrogens is 366 g/mol. The van der Waals surface area contributed by atoms with Gasteiger partial charge in [-0.05, 0) is 64.0 Å². The van der Waals surface area contributed by atoms with Gasteiger partial charge >= 0.3 is 0 Å². The highest BCUT2D eigenvalue weighted by molar-refractivity contribution is 5.78. The van der Waals surface area contributed by atoms with Gasteiger partial charge in [-0.25, -0.2) is 4.98 Å². The van der Waals surface area contributed by atoms with Gasteiger partial charge in [-0.15, -0.1) is 0 Å². The van der Waals surface area contributed by atoms with Crippen molar-refractivity contribution in [1.82, 2.24) is 20.2 Å². The summed E-state index contributed by atoms with van der Waals surface area (Å²) in [6, 6.07) is 10.1. The average Bonchev–Trinajstić information content (AvgIpc) is 2.69. The van der Waals surface area contributed by atoms with Crippen LogP contribution in [0.5, 0.6) is 0 Å². The van der Waals surface area contributed by atoms with E-state index in [-0.39, 0.29) is 11.9 Å². The minimum absolute atomic E-state index is 0.0383. The van der Waals surface area contributed by atoms with E-state index in [9.17, 15) is 4.79 Å². The number of carbonyl (C=O) groups excluding carboxylic acids is 1. The highest BCUT2D eigenvalue weighted by Gasteiger charge is 2.23. The van der Waals surface area contributed by atoms with Crippen LogP contribution in [0, 0.1) is 6.92 Å². The van der Waals surface area contributed by atoms with Crippen LogP contribution in [-0.2, 0) is 9.53 Å². The van der Waals surface area contributed by atoms with E-state index in [1.807, 2.05) is 38.2 Å². The Morgan fingerprint density at radius 1 is 1.28 bits per heavy atom. The minimum Gasteiger partial charge on any atom is -0.383 e. The number of nitrogens with zero attached hydrogens (tertiary/aromatic N) is 3. The van der Waals surface area contributed by atoms with Crippen molar-refractivity contribution in [3.05, 3.63) is 47.9 Å². The molecule has 0 spiro atoms. The molecule has 29 heavy (non-hydrogen) atoms. The van der Waals surface area contributed by atoms with Crippen LogP contribution < -0.4 is 10.6 Å². The average molecular weight is 398 g/mol. The molecule has 1 atom stereocenters. The maximum atomic E-state index is 12.1. The molecule has 0 radical (unpaired) electrons. The zero-order valence-corrected chi connectivity index (χ0v) is 17.5. The molecule has 0 aromatic carbocycles. The molecule has 1 aliphatic heterocycles. The van der Waals surface area contributed by atoms with Crippen molar-refractivity contribution in [2.24, 2.45) is 0 Å². The number of carbonyl (C=O) groups is 1. The minimum atomic E-state index is 0.0383. The Labute approximate surface area is 172 Å². The molecule has 1 aliphatic rings. The predicted octanol–water partition coefficient (Wildman–Crippen LogP) is 2.86. The third-order valence-electron chi connectivity index (χ3n) is 5.14. The zero-order valence-electron chi connectivity index (χ0n) is 17.5. The van der Waals surface area contributed by atoms with E-state index in [1.54, 1.807) is 7.11 Å². The molecule has 7 nitrogen and oxygen atoms in total. The Hall–Kier alpha value is -2.51. The first-order valence-corrected chi connectivity index (χ1v) is 10.2.